The molecule has 2 aromatic heterocycles. The van der Waals surface area contributed by atoms with Crippen molar-refractivity contribution in [3.63, 3.8) is 0 Å². The zero-order valence-electron chi connectivity index (χ0n) is 15.5. The number of halogens is 2. The molecule has 2 heterocycles. The smallest absolute Gasteiger partial charge is 0.293 e. The van der Waals surface area contributed by atoms with Crippen LogP contribution in [0.4, 0.5) is 25.8 Å². The highest BCUT2D eigenvalue weighted by Gasteiger charge is 2.23. The molecular weight excluding hydrogens is 430 g/mol. The Hall–Kier alpha value is -4.12. The number of para-hydroxylation sites is 2. The van der Waals surface area contributed by atoms with Crippen molar-refractivity contribution in [2.75, 3.05) is 5.32 Å². The van der Waals surface area contributed by atoms with Gasteiger partial charge in [0.1, 0.15) is 27.0 Å². The van der Waals surface area contributed by atoms with E-state index in [0.717, 1.165) is 28.0 Å². The number of benzene rings is 2. The largest absolute Gasteiger partial charge is 0.365 e. The number of nitrogens with one attached hydrogen (secondary N) is 1. The van der Waals surface area contributed by atoms with Gasteiger partial charge >= 0.3 is 0 Å². The number of nitro groups is 1. The van der Waals surface area contributed by atoms with Crippen LogP contribution in [0.2, 0.25) is 0 Å². The molecule has 0 saturated carbocycles. The number of nitrogens with zero attached hydrogens (tertiary/aromatic N) is 2. The van der Waals surface area contributed by atoms with Crippen molar-refractivity contribution in [2.24, 2.45) is 5.73 Å². The number of pyridine rings is 1. The Bertz CT molecular complexity index is 1430. The first-order valence-corrected chi connectivity index (χ1v) is 9.54. The Balaban J connectivity index is 2.01. The number of primary amides is 1. The van der Waals surface area contributed by atoms with Crippen molar-refractivity contribution < 1.29 is 18.5 Å². The zero-order chi connectivity index (χ0) is 22.3. The van der Waals surface area contributed by atoms with E-state index in [1.54, 1.807) is 0 Å². The molecule has 0 spiro atoms. The number of hydrogen-bond acceptors (Lipinski definition) is 6. The monoisotopic (exact) mass is 442 g/mol. The topological polar surface area (TPSA) is 120 Å². The molecule has 0 unspecified atom stereocenters. The lowest BCUT2D eigenvalue weighted by atomic mass is 10.2. The lowest BCUT2D eigenvalue weighted by molar-refractivity contribution is -0.384. The summed E-state index contributed by atoms with van der Waals surface area (Å²) in [6.45, 7) is 0. The average molecular weight is 442 g/mol. The summed E-state index contributed by atoms with van der Waals surface area (Å²) in [6, 6.07) is 11.1. The van der Waals surface area contributed by atoms with Crippen LogP contribution >= 0.6 is 11.3 Å². The molecule has 0 bridgehead atoms. The van der Waals surface area contributed by atoms with Crippen molar-refractivity contribution in [1.82, 2.24) is 4.57 Å². The fourth-order valence-corrected chi connectivity index (χ4v) is 4.26. The summed E-state index contributed by atoms with van der Waals surface area (Å²) >= 11 is 0.823. The second-order valence-electron chi connectivity index (χ2n) is 6.39. The van der Waals surface area contributed by atoms with E-state index >= 15 is 0 Å². The van der Waals surface area contributed by atoms with Gasteiger partial charge in [0.2, 0.25) is 0 Å². The van der Waals surface area contributed by atoms with Gasteiger partial charge < -0.3 is 11.1 Å². The van der Waals surface area contributed by atoms with E-state index in [0.29, 0.717) is 11.5 Å². The van der Waals surface area contributed by atoms with Crippen LogP contribution in [0.1, 0.15) is 9.67 Å². The lowest BCUT2D eigenvalue weighted by Crippen LogP contribution is -2.17. The molecule has 156 valence electrons. The van der Waals surface area contributed by atoms with E-state index in [9.17, 15) is 28.5 Å². The zero-order valence-corrected chi connectivity index (χ0v) is 16.3. The highest BCUT2D eigenvalue weighted by molar-refractivity contribution is 7.21. The molecule has 1 amide bonds. The minimum atomic E-state index is -0.901. The van der Waals surface area contributed by atoms with Gasteiger partial charge in [-0.2, -0.15) is 0 Å². The number of hydrogen-bond donors (Lipinski definition) is 2. The van der Waals surface area contributed by atoms with Gasteiger partial charge in [0.05, 0.1) is 16.3 Å². The summed E-state index contributed by atoms with van der Waals surface area (Å²) in [5.74, 6) is -2.53. The number of anilines is 2. The maximum absolute atomic E-state index is 14.2. The van der Waals surface area contributed by atoms with Crippen LogP contribution in [-0.2, 0) is 0 Å². The lowest BCUT2D eigenvalue weighted by Gasteiger charge is -2.10. The Morgan fingerprint density at radius 3 is 2.55 bits per heavy atom. The molecule has 0 aliphatic rings. The molecule has 8 nitrogen and oxygen atoms in total. The molecule has 4 rings (SSSR count). The van der Waals surface area contributed by atoms with E-state index < -0.39 is 28.0 Å². The maximum Gasteiger partial charge on any atom is 0.293 e. The van der Waals surface area contributed by atoms with E-state index in [-0.39, 0.29) is 32.5 Å². The van der Waals surface area contributed by atoms with Gasteiger partial charge in [0.25, 0.3) is 17.2 Å². The first-order chi connectivity index (χ1) is 14.8. The normalized spacial score (nSPS) is 10.9. The molecular formula is C20H12F2N4O4S. The van der Waals surface area contributed by atoms with E-state index in [1.165, 1.54) is 36.4 Å². The van der Waals surface area contributed by atoms with Gasteiger partial charge in [0.15, 0.2) is 0 Å². The Labute approximate surface area is 176 Å². The molecule has 2 aromatic carbocycles. The third-order valence-electron chi connectivity index (χ3n) is 4.48. The molecule has 0 saturated heterocycles. The van der Waals surface area contributed by atoms with Gasteiger partial charge in [-0.1, -0.05) is 12.1 Å². The maximum atomic E-state index is 14.2. The second kappa shape index (κ2) is 7.61. The number of carbonyl (C=O) groups is 1. The van der Waals surface area contributed by atoms with Crippen LogP contribution in [0, 0.1) is 21.7 Å². The van der Waals surface area contributed by atoms with Gasteiger partial charge in [-0.25, -0.2) is 8.78 Å². The standard InChI is InChI=1S/C20H12F2N4O4S/c21-10-5-7-13(12(22)9-10)24-17-11-6-8-16(27)25(20(11)31-18(17)19(23)28)14-3-1-2-4-15(14)26(29)30/h1-9,24H,(H2,23,28). The van der Waals surface area contributed by atoms with Crippen molar-refractivity contribution >= 4 is 44.5 Å². The highest BCUT2D eigenvalue weighted by atomic mass is 32.1. The summed E-state index contributed by atoms with van der Waals surface area (Å²) in [7, 11) is 0. The fourth-order valence-electron chi connectivity index (χ4n) is 3.14. The first kappa shape index (κ1) is 20.2. The SMILES string of the molecule is NC(=O)c1sc2c(ccc(=O)n2-c2ccccc2[N+](=O)[O-])c1Nc1ccc(F)cc1F. The summed E-state index contributed by atoms with van der Waals surface area (Å²) in [5, 5.41) is 14.5. The first-order valence-electron chi connectivity index (χ1n) is 8.72. The van der Waals surface area contributed by atoms with Crippen LogP contribution in [0.5, 0.6) is 0 Å². The number of amides is 1. The third kappa shape index (κ3) is 3.51. The van der Waals surface area contributed by atoms with Crippen molar-refractivity contribution in [3.8, 4) is 5.69 Å². The molecule has 11 heteroatoms. The van der Waals surface area contributed by atoms with Crippen molar-refractivity contribution in [2.45, 2.75) is 0 Å². The molecule has 3 N–H and O–H groups in total. The summed E-state index contributed by atoms with van der Waals surface area (Å²) < 4.78 is 28.5. The molecule has 0 fully saturated rings. The van der Waals surface area contributed by atoms with Crippen LogP contribution in [0.25, 0.3) is 15.9 Å². The minimum absolute atomic E-state index is 0.000108. The minimum Gasteiger partial charge on any atom is -0.365 e. The second-order valence-corrected chi connectivity index (χ2v) is 7.39. The molecule has 0 aliphatic carbocycles. The predicted octanol–water partition coefficient (Wildman–Crippen LogP) is 4.08. The molecule has 0 atom stereocenters. The fraction of sp³-hybridized carbons (Fsp3) is 0. The highest BCUT2D eigenvalue weighted by Crippen LogP contribution is 2.39. The average Bonchev–Trinajstić information content (AvgIpc) is 3.08. The van der Waals surface area contributed by atoms with Gasteiger partial charge in [-0.3, -0.25) is 24.3 Å². The predicted molar refractivity (Wildman–Crippen MR) is 112 cm³/mol. The van der Waals surface area contributed by atoms with Crippen LogP contribution < -0.4 is 16.6 Å². The third-order valence-corrected chi connectivity index (χ3v) is 5.68. The number of nitro benzene ring substituents is 1. The van der Waals surface area contributed by atoms with E-state index in [1.807, 2.05) is 0 Å². The number of rotatable bonds is 5. The summed E-state index contributed by atoms with van der Waals surface area (Å²) in [5.41, 5.74) is 4.58. The summed E-state index contributed by atoms with van der Waals surface area (Å²) in [4.78, 5) is 35.7. The van der Waals surface area contributed by atoms with Crippen LogP contribution in [-0.4, -0.2) is 15.4 Å². The Kier molecular flexibility index (Phi) is 4.95. The number of thiophene rings is 1. The van der Waals surface area contributed by atoms with Crippen LogP contribution in [0.15, 0.2) is 59.4 Å². The number of carbonyl (C=O) groups excluding carboxylic acids is 1. The number of aromatic nitrogens is 1. The molecule has 31 heavy (non-hydrogen) atoms. The Morgan fingerprint density at radius 2 is 1.87 bits per heavy atom. The van der Waals surface area contributed by atoms with Gasteiger partial charge in [-0.15, -0.1) is 11.3 Å². The van der Waals surface area contributed by atoms with Gasteiger partial charge in [0, 0.05) is 23.6 Å². The number of nitrogens with two attached hydrogens (primary N) is 1. The van der Waals surface area contributed by atoms with Gasteiger partial charge in [-0.05, 0) is 24.3 Å². The molecule has 0 radical (unpaired) electrons. The number of fused-ring (bicyclic) bond motifs is 1. The molecule has 0 aliphatic heterocycles. The van der Waals surface area contributed by atoms with Crippen molar-refractivity contribution in [3.05, 3.63) is 91.6 Å². The summed E-state index contributed by atoms with van der Waals surface area (Å²) in [6.07, 6.45) is 0. The van der Waals surface area contributed by atoms with E-state index in [2.05, 4.69) is 5.32 Å². The van der Waals surface area contributed by atoms with Crippen LogP contribution in [0.3, 0.4) is 0 Å². The van der Waals surface area contributed by atoms with Crippen molar-refractivity contribution in [1.29, 1.82) is 0 Å². The quantitative estimate of drug-likeness (QED) is 0.356. The van der Waals surface area contributed by atoms with E-state index in [4.69, 9.17) is 5.73 Å². The Morgan fingerprint density at radius 1 is 1.13 bits per heavy atom. The molecule has 4 aromatic rings.